The van der Waals surface area contributed by atoms with Crippen LogP contribution >= 0.6 is 11.6 Å². The summed E-state index contributed by atoms with van der Waals surface area (Å²) in [4.78, 5) is 22.8. The van der Waals surface area contributed by atoms with Gasteiger partial charge in [0.1, 0.15) is 24.2 Å². The summed E-state index contributed by atoms with van der Waals surface area (Å²) < 4.78 is 6.19. The van der Waals surface area contributed by atoms with Crippen LogP contribution in [-0.2, 0) is 11.3 Å². The third kappa shape index (κ3) is 3.45. The van der Waals surface area contributed by atoms with E-state index in [-0.39, 0.29) is 28.6 Å². The van der Waals surface area contributed by atoms with Crippen LogP contribution in [-0.4, -0.2) is 44.3 Å². The van der Waals surface area contributed by atoms with Gasteiger partial charge < -0.3 is 15.2 Å². The molecule has 2 aromatic rings. The van der Waals surface area contributed by atoms with Gasteiger partial charge in [0.15, 0.2) is 0 Å². The minimum atomic E-state index is -1.18. The highest BCUT2D eigenvalue weighted by atomic mass is 35.5. The van der Waals surface area contributed by atoms with Gasteiger partial charge in [0, 0.05) is 6.07 Å². The van der Waals surface area contributed by atoms with Crippen molar-refractivity contribution in [3.05, 3.63) is 29.0 Å². The largest absolute Gasteiger partial charge is 0.496 e. The number of carboxylic acid groups (broad SMARTS) is 1. The molecular weight excluding hydrogens is 302 g/mol. The van der Waals surface area contributed by atoms with E-state index >= 15 is 0 Å². The molecule has 2 rings (SSSR count). The number of carboxylic acids is 1. The molecule has 2 N–H and O–H groups in total. The zero-order valence-electron chi connectivity index (χ0n) is 10.8. The number of aromatic nitrogens is 4. The van der Waals surface area contributed by atoms with Crippen molar-refractivity contribution in [1.29, 1.82) is 0 Å². The van der Waals surface area contributed by atoms with Crippen molar-refractivity contribution in [3.8, 4) is 5.75 Å². The predicted octanol–water partition coefficient (Wildman–Crippen LogP) is 0.672. The number of amides is 1. The Morgan fingerprint density at radius 1 is 1.48 bits per heavy atom. The average molecular weight is 312 g/mol. The van der Waals surface area contributed by atoms with Gasteiger partial charge in [-0.05, 0) is 16.5 Å². The van der Waals surface area contributed by atoms with Crippen LogP contribution in [0.2, 0.25) is 5.02 Å². The number of tetrazole rings is 1. The van der Waals surface area contributed by atoms with Crippen molar-refractivity contribution in [2.24, 2.45) is 0 Å². The van der Waals surface area contributed by atoms with Gasteiger partial charge in [-0.25, -0.2) is 9.48 Å². The molecule has 0 radical (unpaired) electrons. The molecule has 110 valence electrons. The van der Waals surface area contributed by atoms with E-state index in [1.54, 1.807) is 0 Å². The number of aromatic carboxylic acids is 1. The van der Waals surface area contributed by atoms with Gasteiger partial charge in [-0.1, -0.05) is 11.6 Å². The van der Waals surface area contributed by atoms with E-state index in [2.05, 4.69) is 20.8 Å². The van der Waals surface area contributed by atoms with Crippen molar-refractivity contribution in [3.63, 3.8) is 0 Å². The summed E-state index contributed by atoms with van der Waals surface area (Å²) in [5.41, 5.74) is 0.137. The summed E-state index contributed by atoms with van der Waals surface area (Å²) in [5, 5.41) is 22.0. The van der Waals surface area contributed by atoms with Gasteiger partial charge in [0.05, 0.1) is 17.8 Å². The monoisotopic (exact) mass is 311 g/mol. The van der Waals surface area contributed by atoms with Crippen molar-refractivity contribution < 1.29 is 19.4 Å². The maximum absolute atomic E-state index is 11.8. The Kier molecular flexibility index (Phi) is 4.33. The van der Waals surface area contributed by atoms with Crippen LogP contribution in [0.3, 0.4) is 0 Å². The van der Waals surface area contributed by atoms with Gasteiger partial charge in [0.25, 0.3) is 0 Å². The maximum atomic E-state index is 11.8. The first-order valence-corrected chi connectivity index (χ1v) is 6.00. The minimum absolute atomic E-state index is 0.0817. The Labute approximate surface area is 123 Å². The highest BCUT2D eigenvalue weighted by Crippen LogP contribution is 2.31. The van der Waals surface area contributed by atoms with Crippen molar-refractivity contribution in [2.75, 3.05) is 12.4 Å². The maximum Gasteiger partial charge on any atom is 0.339 e. The first kappa shape index (κ1) is 14.7. The van der Waals surface area contributed by atoms with E-state index < -0.39 is 11.9 Å². The molecule has 1 amide bonds. The lowest BCUT2D eigenvalue weighted by molar-refractivity contribution is -0.116. The Hall–Kier alpha value is -2.68. The lowest BCUT2D eigenvalue weighted by Crippen LogP contribution is -2.19. The Balaban J connectivity index is 2.20. The van der Waals surface area contributed by atoms with E-state index in [1.807, 2.05) is 0 Å². The van der Waals surface area contributed by atoms with E-state index in [1.165, 1.54) is 30.3 Å². The molecule has 1 aromatic carbocycles. The molecule has 0 atom stereocenters. The van der Waals surface area contributed by atoms with E-state index in [9.17, 15) is 9.59 Å². The van der Waals surface area contributed by atoms with Crippen LogP contribution in [0.4, 0.5) is 5.69 Å². The summed E-state index contributed by atoms with van der Waals surface area (Å²) in [6.45, 7) is -0.105. The fraction of sp³-hybridized carbons (Fsp3) is 0.182. The topological polar surface area (TPSA) is 119 Å². The molecule has 1 aromatic heterocycles. The summed E-state index contributed by atoms with van der Waals surface area (Å²) in [7, 11) is 1.32. The van der Waals surface area contributed by atoms with Crippen molar-refractivity contribution in [2.45, 2.75) is 6.54 Å². The molecule has 9 nitrogen and oxygen atoms in total. The number of methoxy groups -OCH3 is 1. The number of benzene rings is 1. The standard InChI is InChI=1S/C11H10ClN5O4/c1-21-9-3-8(7(12)2-6(9)11(19)20)14-10(18)4-17-5-13-15-16-17/h2-3,5H,4H2,1H3,(H,14,18)(H,19,20). The lowest BCUT2D eigenvalue weighted by atomic mass is 10.1. The number of nitrogens with one attached hydrogen (secondary N) is 1. The first-order chi connectivity index (χ1) is 10.0. The Morgan fingerprint density at radius 3 is 2.81 bits per heavy atom. The number of rotatable bonds is 5. The number of halogens is 1. The molecule has 0 saturated heterocycles. The number of ether oxygens (including phenoxy) is 1. The second-order valence-electron chi connectivity index (χ2n) is 3.89. The van der Waals surface area contributed by atoms with E-state index in [0.29, 0.717) is 0 Å². The van der Waals surface area contributed by atoms with Crippen LogP contribution in [0.25, 0.3) is 0 Å². The second-order valence-corrected chi connectivity index (χ2v) is 4.30. The number of hydrogen-bond donors (Lipinski definition) is 2. The van der Waals surface area contributed by atoms with Gasteiger partial charge in [-0.15, -0.1) is 5.10 Å². The number of anilines is 1. The molecule has 1 heterocycles. The van der Waals surface area contributed by atoms with Gasteiger partial charge in [-0.2, -0.15) is 0 Å². The summed E-state index contributed by atoms with van der Waals surface area (Å²) in [6, 6.07) is 2.54. The molecule has 0 fully saturated rings. The van der Waals surface area contributed by atoms with E-state index in [4.69, 9.17) is 21.4 Å². The predicted molar refractivity (Wildman–Crippen MR) is 71.4 cm³/mol. The van der Waals surface area contributed by atoms with Crippen LogP contribution in [0.5, 0.6) is 5.75 Å². The van der Waals surface area contributed by atoms with Gasteiger partial charge >= 0.3 is 5.97 Å². The zero-order chi connectivity index (χ0) is 15.4. The number of nitrogens with zero attached hydrogens (tertiary/aromatic N) is 4. The molecule has 0 aliphatic rings. The van der Waals surface area contributed by atoms with Crippen LogP contribution in [0.15, 0.2) is 18.5 Å². The Bertz CT molecular complexity index is 674. The van der Waals surface area contributed by atoms with Crippen molar-refractivity contribution >= 4 is 29.2 Å². The fourth-order valence-electron chi connectivity index (χ4n) is 1.57. The quantitative estimate of drug-likeness (QED) is 0.832. The third-order valence-electron chi connectivity index (χ3n) is 2.49. The summed E-state index contributed by atoms with van der Waals surface area (Å²) in [6.07, 6.45) is 1.29. The minimum Gasteiger partial charge on any atom is -0.496 e. The molecule has 0 bridgehead atoms. The van der Waals surface area contributed by atoms with Crippen LogP contribution in [0.1, 0.15) is 10.4 Å². The molecule has 0 aliphatic carbocycles. The average Bonchev–Trinajstić information content (AvgIpc) is 2.93. The first-order valence-electron chi connectivity index (χ1n) is 5.62. The molecule has 0 unspecified atom stereocenters. The molecule has 10 heteroatoms. The second kappa shape index (κ2) is 6.18. The van der Waals surface area contributed by atoms with E-state index in [0.717, 1.165) is 0 Å². The third-order valence-corrected chi connectivity index (χ3v) is 2.80. The molecule has 0 saturated carbocycles. The van der Waals surface area contributed by atoms with Crippen molar-refractivity contribution in [1.82, 2.24) is 20.2 Å². The fourth-order valence-corrected chi connectivity index (χ4v) is 1.79. The smallest absolute Gasteiger partial charge is 0.339 e. The zero-order valence-corrected chi connectivity index (χ0v) is 11.5. The number of hydrogen-bond acceptors (Lipinski definition) is 6. The highest BCUT2D eigenvalue weighted by Gasteiger charge is 2.16. The lowest BCUT2D eigenvalue weighted by Gasteiger charge is -2.11. The molecule has 0 aliphatic heterocycles. The normalized spacial score (nSPS) is 10.2. The Morgan fingerprint density at radius 2 is 2.24 bits per heavy atom. The summed E-state index contributed by atoms with van der Waals surface area (Å²) in [5.74, 6) is -1.51. The summed E-state index contributed by atoms with van der Waals surface area (Å²) >= 11 is 5.95. The SMILES string of the molecule is COc1cc(NC(=O)Cn2cnnn2)c(Cl)cc1C(=O)O. The van der Waals surface area contributed by atoms with Crippen LogP contribution in [0, 0.1) is 0 Å². The number of carbonyl (C=O) groups excluding carboxylic acids is 1. The van der Waals surface area contributed by atoms with Crippen LogP contribution < -0.4 is 10.1 Å². The molecule has 0 spiro atoms. The number of carbonyl (C=O) groups is 2. The highest BCUT2D eigenvalue weighted by molar-refractivity contribution is 6.34. The van der Waals surface area contributed by atoms with Gasteiger partial charge in [0.2, 0.25) is 5.91 Å². The molecule has 21 heavy (non-hydrogen) atoms. The van der Waals surface area contributed by atoms with Gasteiger partial charge in [-0.3, -0.25) is 4.79 Å². The molecular formula is C11H10ClN5O4.